The van der Waals surface area contributed by atoms with Gasteiger partial charge in [0.2, 0.25) is 0 Å². The van der Waals surface area contributed by atoms with Crippen molar-refractivity contribution in [3.8, 4) is 0 Å². The van der Waals surface area contributed by atoms with E-state index < -0.39 is 0 Å². The van der Waals surface area contributed by atoms with Crippen molar-refractivity contribution in [2.75, 3.05) is 0 Å². The molecule has 0 aliphatic rings. The molecule has 0 aromatic carbocycles. The lowest BCUT2D eigenvalue weighted by atomic mass is 10.1. The fraction of sp³-hybridized carbons (Fsp3) is 0.400. The van der Waals surface area contributed by atoms with Gasteiger partial charge in [0.05, 0.1) is 0 Å². The Morgan fingerprint density at radius 3 is 2.58 bits per heavy atom. The van der Waals surface area contributed by atoms with Gasteiger partial charge in [-0.3, -0.25) is 0 Å². The SMILES string of the molecule is C=C(/C=C\C(Cl)=C/C)CC(C)N. The molecule has 0 saturated heterocycles. The summed E-state index contributed by atoms with van der Waals surface area (Å²) in [4.78, 5) is 0. The van der Waals surface area contributed by atoms with Crippen molar-refractivity contribution < 1.29 is 0 Å². The molecule has 2 N–H and O–H groups in total. The average Bonchev–Trinajstić information content (AvgIpc) is 1.99. The normalized spacial score (nSPS) is 15.2. The summed E-state index contributed by atoms with van der Waals surface area (Å²) in [7, 11) is 0. The Morgan fingerprint density at radius 2 is 2.17 bits per heavy atom. The third-order valence-electron chi connectivity index (χ3n) is 1.34. The largest absolute Gasteiger partial charge is 0.328 e. The van der Waals surface area contributed by atoms with Crippen LogP contribution in [0.15, 0.2) is 35.4 Å². The Hall–Kier alpha value is -0.530. The summed E-state index contributed by atoms with van der Waals surface area (Å²) in [6, 6.07) is 0.159. The van der Waals surface area contributed by atoms with Crippen LogP contribution in [0.2, 0.25) is 0 Å². The third-order valence-corrected chi connectivity index (χ3v) is 1.68. The molecule has 1 unspecified atom stereocenters. The summed E-state index contributed by atoms with van der Waals surface area (Å²) < 4.78 is 0. The maximum absolute atomic E-state index is 5.75. The van der Waals surface area contributed by atoms with E-state index in [0.717, 1.165) is 17.0 Å². The van der Waals surface area contributed by atoms with Crippen LogP contribution in [0.25, 0.3) is 0 Å². The molecule has 0 radical (unpaired) electrons. The minimum Gasteiger partial charge on any atom is -0.328 e. The maximum atomic E-state index is 5.75. The van der Waals surface area contributed by atoms with Gasteiger partial charge in [0, 0.05) is 11.1 Å². The summed E-state index contributed by atoms with van der Waals surface area (Å²) in [6.45, 7) is 7.69. The highest BCUT2D eigenvalue weighted by molar-refractivity contribution is 6.31. The van der Waals surface area contributed by atoms with Gasteiger partial charge in [-0.15, -0.1) is 0 Å². The van der Waals surface area contributed by atoms with Crippen molar-refractivity contribution in [3.63, 3.8) is 0 Å². The van der Waals surface area contributed by atoms with Crippen molar-refractivity contribution in [1.29, 1.82) is 0 Å². The topological polar surface area (TPSA) is 26.0 Å². The second kappa shape index (κ2) is 6.04. The molecule has 0 saturated carbocycles. The summed E-state index contributed by atoms with van der Waals surface area (Å²) in [6.07, 6.45) is 6.36. The summed E-state index contributed by atoms with van der Waals surface area (Å²) in [5.74, 6) is 0. The Bertz CT molecular complexity index is 202. The molecular weight excluding hydrogens is 170 g/mol. The van der Waals surface area contributed by atoms with Gasteiger partial charge in [-0.05, 0) is 26.3 Å². The first kappa shape index (κ1) is 11.5. The number of hydrogen-bond donors (Lipinski definition) is 1. The van der Waals surface area contributed by atoms with Gasteiger partial charge >= 0.3 is 0 Å². The number of hydrogen-bond acceptors (Lipinski definition) is 1. The Balaban J connectivity index is 3.92. The molecule has 0 fully saturated rings. The molecular formula is C10H16ClN. The summed E-state index contributed by atoms with van der Waals surface area (Å²) in [5.41, 5.74) is 6.59. The highest BCUT2D eigenvalue weighted by atomic mass is 35.5. The molecule has 1 nitrogen and oxygen atoms in total. The van der Waals surface area contributed by atoms with Gasteiger partial charge < -0.3 is 5.73 Å². The summed E-state index contributed by atoms with van der Waals surface area (Å²) in [5, 5.41) is 0.723. The predicted molar refractivity (Wildman–Crippen MR) is 56.2 cm³/mol. The van der Waals surface area contributed by atoms with E-state index in [9.17, 15) is 0 Å². The second-order valence-corrected chi connectivity index (χ2v) is 3.28. The third kappa shape index (κ3) is 6.20. The van der Waals surface area contributed by atoms with Crippen molar-refractivity contribution in [1.82, 2.24) is 0 Å². The molecule has 0 aromatic heterocycles. The van der Waals surface area contributed by atoms with E-state index in [0.29, 0.717) is 0 Å². The van der Waals surface area contributed by atoms with E-state index in [4.69, 9.17) is 17.3 Å². The number of nitrogens with two attached hydrogens (primary N) is 1. The van der Waals surface area contributed by atoms with Gasteiger partial charge in [0.1, 0.15) is 0 Å². The lowest BCUT2D eigenvalue weighted by Gasteiger charge is -2.02. The maximum Gasteiger partial charge on any atom is 0.0363 e. The standard InChI is InChI=1S/C10H16ClN/c1-4-10(11)6-5-8(2)7-9(3)12/h4-6,9H,2,7,12H2,1,3H3/b6-5-,10-4+. The van der Waals surface area contributed by atoms with Crippen LogP contribution < -0.4 is 5.73 Å². The molecule has 0 aromatic rings. The van der Waals surface area contributed by atoms with Gasteiger partial charge in [0.25, 0.3) is 0 Å². The van der Waals surface area contributed by atoms with Crippen molar-refractivity contribution in [3.05, 3.63) is 35.4 Å². The van der Waals surface area contributed by atoms with Crippen LogP contribution in [-0.4, -0.2) is 6.04 Å². The Labute approximate surface area is 79.6 Å². The van der Waals surface area contributed by atoms with Crippen molar-refractivity contribution >= 4 is 11.6 Å². The molecule has 0 aliphatic heterocycles. The lowest BCUT2D eigenvalue weighted by molar-refractivity contribution is 0.742. The van der Waals surface area contributed by atoms with E-state index >= 15 is 0 Å². The van der Waals surface area contributed by atoms with Crippen LogP contribution in [-0.2, 0) is 0 Å². The van der Waals surface area contributed by atoms with E-state index in [1.165, 1.54) is 0 Å². The molecule has 2 heteroatoms. The minimum absolute atomic E-state index is 0.159. The first-order chi connectivity index (χ1) is 5.56. The van der Waals surface area contributed by atoms with Gasteiger partial charge in [-0.1, -0.05) is 35.9 Å². The van der Waals surface area contributed by atoms with Crippen LogP contribution in [0, 0.1) is 0 Å². The van der Waals surface area contributed by atoms with Crippen LogP contribution in [0.3, 0.4) is 0 Å². The van der Waals surface area contributed by atoms with E-state index in [1.54, 1.807) is 0 Å². The highest BCUT2D eigenvalue weighted by Gasteiger charge is 1.94. The summed E-state index contributed by atoms with van der Waals surface area (Å²) >= 11 is 5.75. The molecule has 0 spiro atoms. The van der Waals surface area contributed by atoms with E-state index in [2.05, 4.69) is 6.58 Å². The predicted octanol–water partition coefficient (Wildman–Crippen LogP) is 2.98. The van der Waals surface area contributed by atoms with Gasteiger partial charge in [-0.2, -0.15) is 0 Å². The monoisotopic (exact) mass is 185 g/mol. The first-order valence-electron chi connectivity index (χ1n) is 3.99. The number of halogens is 1. The van der Waals surface area contributed by atoms with Crippen LogP contribution in [0.4, 0.5) is 0 Å². The Kier molecular flexibility index (Phi) is 5.77. The minimum atomic E-state index is 0.159. The van der Waals surface area contributed by atoms with Crippen LogP contribution in [0.5, 0.6) is 0 Å². The smallest absolute Gasteiger partial charge is 0.0363 e. The average molecular weight is 186 g/mol. The number of allylic oxidation sites excluding steroid dienone is 4. The molecule has 68 valence electrons. The number of rotatable bonds is 4. The second-order valence-electron chi connectivity index (χ2n) is 2.85. The molecule has 0 amide bonds. The molecule has 0 bridgehead atoms. The zero-order valence-corrected chi connectivity index (χ0v) is 8.43. The fourth-order valence-electron chi connectivity index (χ4n) is 0.775. The highest BCUT2D eigenvalue weighted by Crippen LogP contribution is 2.07. The van der Waals surface area contributed by atoms with E-state index in [-0.39, 0.29) is 6.04 Å². The van der Waals surface area contributed by atoms with Crippen LogP contribution in [0.1, 0.15) is 20.3 Å². The van der Waals surface area contributed by atoms with Crippen molar-refractivity contribution in [2.45, 2.75) is 26.3 Å². The zero-order chi connectivity index (χ0) is 9.56. The quantitative estimate of drug-likeness (QED) is 0.670. The van der Waals surface area contributed by atoms with Crippen molar-refractivity contribution in [2.24, 2.45) is 5.73 Å². The van der Waals surface area contributed by atoms with Gasteiger partial charge in [-0.25, -0.2) is 0 Å². The molecule has 0 heterocycles. The fourth-order valence-corrected chi connectivity index (χ4v) is 0.838. The van der Waals surface area contributed by atoms with E-state index in [1.807, 2.05) is 32.1 Å². The molecule has 12 heavy (non-hydrogen) atoms. The zero-order valence-electron chi connectivity index (χ0n) is 7.68. The van der Waals surface area contributed by atoms with Crippen LogP contribution >= 0.6 is 11.6 Å². The Morgan fingerprint density at radius 1 is 1.58 bits per heavy atom. The molecule has 1 atom stereocenters. The lowest BCUT2D eigenvalue weighted by Crippen LogP contribution is -2.14. The molecule has 0 rings (SSSR count). The van der Waals surface area contributed by atoms with Gasteiger partial charge in [0.15, 0.2) is 0 Å². The molecule has 0 aliphatic carbocycles. The first-order valence-corrected chi connectivity index (χ1v) is 4.37.